The Labute approximate surface area is 127 Å². The molecule has 3 N–H and O–H groups in total. The minimum atomic E-state index is -0.0410. The first-order valence-corrected chi connectivity index (χ1v) is 6.95. The molecule has 1 unspecified atom stereocenters. The van der Waals surface area contributed by atoms with Crippen molar-refractivity contribution in [1.82, 2.24) is 10.2 Å². The maximum atomic E-state index is 5.92. The third kappa shape index (κ3) is 4.77. The first kappa shape index (κ1) is 17.6. The van der Waals surface area contributed by atoms with E-state index in [9.17, 15) is 0 Å². The first-order valence-electron chi connectivity index (χ1n) is 6.95. The molecule has 0 saturated heterocycles. The molecule has 0 aliphatic rings. The van der Waals surface area contributed by atoms with Gasteiger partial charge in [-0.25, -0.2) is 0 Å². The van der Waals surface area contributed by atoms with Crippen LogP contribution in [0.15, 0.2) is 12.1 Å². The summed E-state index contributed by atoms with van der Waals surface area (Å²) in [5.41, 5.74) is 6.84. The Morgan fingerprint density at radius 3 is 2.05 bits per heavy atom. The van der Waals surface area contributed by atoms with Gasteiger partial charge in [0, 0.05) is 31.8 Å². The third-order valence-electron chi connectivity index (χ3n) is 3.29. The Morgan fingerprint density at radius 1 is 1.10 bits per heavy atom. The van der Waals surface area contributed by atoms with Crippen LogP contribution in [-0.2, 0) is 0 Å². The minimum Gasteiger partial charge on any atom is -0.496 e. The summed E-state index contributed by atoms with van der Waals surface area (Å²) in [6.45, 7) is 2.21. The number of benzene rings is 1. The molecular formula is C15H27N3O3. The number of hydrogen-bond acceptors (Lipinski definition) is 6. The number of nitrogens with zero attached hydrogens (tertiary/aromatic N) is 1. The van der Waals surface area contributed by atoms with Crippen LogP contribution >= 0.6 is 0 Å². The predicted molar refractivity (Wildman–Crippen MR) is 84.5 cm³/mol. The maximum Gasteiger partial charge on any atom is 0.131 e. The summed E-state index contributed by atoms with van der Waals surface area (Å²) in [7, 11) is 8.95. The molecule has 1 rings (SSSR count). The first-order chi connectivity index (χ1) is 10.1. The van der Waals surface area contributed by atoms with Gasteiger partial charge in [0.25, 0.3) is 0 Å². The van der Waals surface area contributed by atoms with Crippen LogP contribution in [0.3, 0.4) is 0 Å². The molecule has 0 heterocycles. The number of rotatable bonds is 9. The molecule has 0 fully saturated rings. The minimum absolute atomic E-state index is 0.0410. The van der Waals surface area contributed by atoms with Gasteiger partial charge in [-0.05, 0) is 14.1 Å². The van der Waals surface area contributed by atoms with Crippen molar-refractivity contribution in [2.75, 3.05) is 55.1 Å². The van der Waals surface area contributed by atoms with Crippen LogP contribution in [-0.4, -0.2) is 60.0 Å². The van der Waals surface area contributed by atoms with Crippen molar-refractivity contribution in [3.63, 3.8) is 0 Å². The van der Waals surface area contributed by atoms with Crippen LogP contribution in [0.4, 0.5) is 0 Å². The molecule has 1 aromatic rings. The van der Waals surface area contributed by atoms with Crippen LogP contribution in [0.25, 0.3) is 0 Å². The Hall–Kier alpha value is -1.50. The zero-order valence-corrected chi connectivity index (χ0v) is 13.6. The van der Waals surface area contributed by atoms with Crippen LogP contribution in [0, 0.1) is 0 Å². The van der Waals surface area contributed by atoms with Crippen molar-refractivity contribution in [3.05, 3.63) is 17.7 Å². The molecule has 1 atom stereocenters. The second-order valence-corrected chi connectivity index (χ2v) is 4.99. The zero-order valence-electron chi connectivity index (χ0n) is 13.6. The van der Waals surface area contributed by atoms with Gasteiger partial charge in [-0.2, -0.15) is 0 Å². The van der Waals surface area contributed by atoms with E-state index in [4.69, 9.17) is 19.9 Å². The Morgan fingerprint density at radius 2 is 1.67 bits per heavy atom. The van der Waals surface area contributed by atoms with Gasteiger partial charge in [-0.15, -0.1) is 0 Å². The molecule has 0 radical (unpaired) electrons. The number of nitrogens with one attached hydrogen (secondary N) is 1. The van der Waals surface area contributed by atoms with Crippen molar-refractivity contribution in [2.24, 2.45) is 5.73 Å². The molecule has 0 bridgehead atoms. The van der Waals surface area contributed by atoms with Crippen molar-refractivity contribution >= 4 is 0 Å². The van der Waals surface area contributed by atoms with Crippen LogP contribution in [0.1, 0.15) is 11.6 Å². The number of nitrogens with two attached hydrogens (primary N) is 1. The molecule has 6 nitrogen and oxygen atoms in total. The van der Waals surface area contributed by atoms with Crippen molar-refractivity contribution < 1.29 is 14.2 Å². The van der Waals surface area contributed by atoms with E-state index >= 15 is 0 Å². The van der Waals surface area contributed by atoms with Gasteiger partial charge in [0.1, 0.15) is 17.2 Å². The van der Waals surface area contributed by atoms with Gasteiger partial charge in [0.2, 0.25) is 0 Å². The summed E-state index contributed by atoms with van der Waals surface area (Å²) in [6, 6.07) is 3.64. The lowest BCUT2D eigenvalue weighted by atomic mass is 10.0. The lowest BCUT2D eigenvalue weighted by Crippen LogP contribution is -2.34. The third-order valence-corrected chi connectivity index (χ3v) is 3.29. The second-order valence-electron chi connectivity index (χ2n) is 4.99. The van der Waals surface area contributed by atoms with E-state index < -0.39 is 0 Å². The van der Waals surface area contributed by atoms with Crippen LogP contribution in [0.2, 0.25) is 0 Å². The standard InChI is InChI=1S/C15H27N3O3/c1-18(2)7-6-17-12(10-16)15-13(20-4)8-11(19-3)9-14(15)21-5/h8-9,12,17H,6-7,10,16H2,1-5H3. The molecule has 0 aliphatic heterocycles. The van der Waals surface area contributed by atoms with E-state index in [1.54, 1.807) is 21.3 Å². The fourth-order valence-electron chi connectivity index (χ4n) is 2.14. The molecule has 0 saturated carbocycles. The van der Waals surface area contributed by atoms with Gasteiger partial charge >= 0.3 is 0 Å². The smallest absolute Gasteiger partial charge is 0.131 e. The summed E-state index contributed by atoms with van der Waals surface area (Å²) < 4.78 is 16.2. The number of hydrogen-bond donors (Lipinski definition) is 2. The summed E-state index contributed by atoms with van der Waals surface area (Å²) in [4.78, 5) is 2.11. The molecule has 6 heteroatoms. The normalized spacial score (nSPS) is 12.3. The fourth-order valence-corrected chi connectivity index (χ4v) is 2.14. The maximum absolute atomic E-state index is 5.92. The molecule has 0 aromatic heterocycles. The Kier molecular flexibility index (Phi) is 7.28. The SMILES string of the molecule is COc1cc(OC)c(C(CN)NCCN(C)C)c(OC)c1. The topological polar surface area (TPSA) is 69.0 Å². The largest absolute Gasteiger partial charge is 0.496 e. The second kappa shape index (κ2) is 8.71. The number of likely N-dealkylation sites (N-methyl/N-ethyl adjacent to an activating group) is 1. The van der Waals surface area contributed by atoms with E-state index in [1.165, 1.54) is 0 Å². The van der Waals surface area contributed by atoms with E-state index in [1.807, 2.05) is 26.2 Å². The van der Waals surface area contributed by atoms with Crippen LogP contribution < -0.4 is 25.3 Å². The lowest BCUT2D eigenvalue weighted by Gasteiger charge is -2.23. The number of methoxy groups -OCH3 is 3. The molecule has 1 aromatic carbocycles. The van der Waals surface area contributed by atoms with Crippen molar-refractivity contribution in [3.8, 4) is 17.2 Å². The van der Waals surface area contributed by atoms with Crippen molar-refractivity contribution in [2.45, 2.75) is 6.04 Å². The van der Waals surface area contributed by atoms with Gasteiger partial charge < -0.3 is 30.2 Å². The Balaban J connectivity index is 3.05. The molecule has 21 heavy (non-hydrogen) atoms. The summed E-state index contributed by atoms with van der Waals surface area (Å²) in [6.07, 6.45) is 0. The molecule has 0 aliphatic carbocycles. The van der Waals surface area contributed by atoms with E-state index in [-0.39, 0.29) is 6.04 Å². The average molecular weight is 297 g/mol. The summed E-state index contributed by atoms with van der Waals surface area (Å²) in [5, 5.41) is 3.44. The monoisotopic (exact) mass is 297 g/mol. The highest BCUT2D eigenvalue weighted by atomic mass is 16.5. The van der Waals surface area contributed by atoms with Gasteiger partial charge in [-0.3, -0.25) is 0 Å². The summed E-state index contributed by atoms with van der Waals surface area (Å²) >= 11 is 0. The lowest BCUT2D eigenvalue weighted by molar-refractivity contribution is 0.350. The quantitative estimate of drug-likeness (QED) is 0.705. The van der Waals surface area contributed by atoms with Crippen molar-refractivity contribution in [1.29, 1.82) is 0 Å². The van der Waals surface area contributed by atoms with Gasteiger partial charge in [-0.1, -0.05) is 0 Å². The summed E-state index contributed by atoms with van der Waals surface area (Å²) in [5.74, 6) is 2.11. The highest BCUT2D eigenvalue weighted by Crippen LogP contribution is 2.37. The molecule has 0 spiro atoms. The molecular weight excluding hydrogens is 270 g/mol. The zero-order chi connectivity index (χ0) is 15.8. The van der Waals surface area contributed by atoms with Gasteiger partial charge in [0.05, 0.1) is 32.9 Å². The highest BCUT2D eigenvalue weighted by Gasteiger charge is 2.21. The predicted octanol–water partition coefficient (Wildman–Crippen LogP) is 0.863. The van der Waals surface area contributed by atoms with E-state index in [0.717, 1.165) is 18.7 Å². The fraction of sp³-hybridized carbons (Fsp3) is 0.600. The average Bonchev–Trinajstić information content (AvgIpc) is 2.50. The van der Waals surface area contributed by atoms with E-state index in [0.29, 0.717) is 23.8 Å². The molecule has 120 valence electrons. The number of ether oxygens (including phenoxy) is 3. The van der Waals surface area contributed by atoms with Crippen LogP contribution in [0.5, 0.6) is 17.2 Å². The highest BCUT2D eigenvalue weighted by molar-refractivity contribution is 5.52. The molecule has 0 amide bonds. The van der Waals surface area contributed by atoms with Gasteiger partial charge in [0.15, 0.2) is 0 Å². The Bertz CT molecular complexity index is 413. The van der Waals surface area contributed by atoms with E-state index in [2.05, 4.69) is 10.2 Å².